The van der Waals surface area contributed by atoms with Crippen molar-refractivity contribution in [3.8, 4) is 11.1 Å². The van der Waals surface area contributed by atoms with Crippen LogP contribution in [0.25, 0.3) is 16.7 Å². The number of primary amides is 1. The predicted octanol–water partition coefficient (Wildman–Crippen LogP) is 4.03. The van der Waals surface area contributed by atoms with Gasteiger partial charge in [0.1, 0.15) is 0 Å². The molecule has 2 N–H and O–H groups in total. The van der Waals surface area contributed by atoms with Gasteiger partial charge in [0.15, 0.2) is 0 Å². The fourth-order valence-electron chi connectivity index (χ4n) is 4.91. The fraction of sp³-hybridized carbons (Fsp3) is 0.250. The number of carbonyl (C=O) groups is 2. The molecule has 0 saturated carbocycles. The van der Waals surface area contributed by atoms with E-state index in [9.17, 15) is 9.59 Å². The molecule has 1 unspecified atom stereocenters. The summed E-state index contributed by atoms with van der Waals surface area (Å²) in [5.41, 5.74) is 11.6. The number of rotatable bonds is 5. The van der Waals surface area contributed by atoms with Crippen molar-refractivity contribution in [1.82, 2.24) is 19.6 Å². The molecule has 8 heteroatoms. The van der Waals surface area contributed by atoms with Gasteiger partial charge in [0.05, 0.1) is 6.20 Å². The third kappa shape index (κ3) is 4.66. The summed E-state index contributed by atoms with van der Waals surface area (Å²) in [6.07, 6.45) is 8.35. The van der Waals surface area contributed by atoms with Gasteiger partial charge in [0.2, 0.25) is 5.91 Å². The normalized spacial score (nSPS) is 17.7. The summed E-state index contributed by atoms with van der Waals surface area (Å²) < 4.78 is 1.72. The van der Waals surface area contributed by atoms with Gasteiger partial charge in [-0.15, -0.1) is 0 Å². The standard InChI is InChI=1S/C28H28ClN5O2/c1-18-7-8-19(12-25(18)24-5-3-4-6-26(24)29)28(36)33-10-9-23(17-33)34-15-20(11-21(16-34)27(30)35)22-13-31-32(2)14-22/h3-8,11-15,23H,9-10,16-17H2,1-2H3,(H2,30,35). The van der Waals surface area contributed by atoms with Crippen LogP contribution in [0, 0.1) is 6.92 Å². The third-order valence-electron chi connectivity index (χ3n) is 6.91. The molecule has 2 aliphatic rings. The Kier molecular flexibility index (Phi) is 6.41. The first-order valence-corrected chi connectivity index (χ1v) is 12.3. The summed E-state index contributed by atoms with van der Waals surface area (Å²) in [4.78, 5) is 29.5. The molecule has 3 aromatic rings. The molecule has 1 fully saturated rings. The summed E-state index contributed by atoms with van der Waals surface area (Å²) in [5.74, 6) is -0.447. The minimum atomic E-state index is -0.438. The minimum Gasteiger partial charge on any atom is -0.368 e. The van der Waals surface area contributed by atoms with Crippen molar-refractivity contribution in [1.29, 1.82) is 0 Å². The zero-order valence-electron chi connectivity index (χ0n) is 20.3. The average Bonchev–Trinajstić information content (AvgIpc) is 3.54. The number of nitrogens with two attached hydrogens (primary N) is 1. The Balaban J connectivity index is 1.36. The lowest BCUT2D eigenvalue weighted by atomic mass is 9.97. The molecule has 2 aliphatic heterocycles. The van der Waals surface area contributed by atoms with Gasteiger partial charge >= 0.3 is 0 Å². The highest BCUT2D eigenvalue weighted by Crippen LogP contribution is 2.32. The number of hydrogen-bond donors (Lipinski definition) is 1. The summed E-state index contributed by atoms with van der Waals surface area (Å²) in [5, 5.41) is 4.90. The highest BCUT2D eigenvalue weighted by Gasteiger charge is 2.32. The van der Waals surface area contributed by atoms with E-state index < -0.39 is 5.91 Å². The lowest BCUT2D eigenvalue weighted by molar-refractivity contribution is -0.114. The molecule has 0 radical (unpaired) electrons. The second-order valence-corrected chi connectivity index (χ2v) is 9.80. The molecule has 0 spiro atoms. The number of benzene rings is 2. The number of hydrogen-bond acceptors (Lipinski definition) is 4. The van der Waals surface area contributed by atoms with E-state index in [0.717, 1.165) is 34.2 Å². The van der Waals surface area contributed by atoms with Crippen molar-refractivity contribution >= 4 is 29.0 Å². The van der Waals surface area contributed by atoms with Crippen LogP contribution >= 0.6 is 11.6 Å². The zero-order valence-corrected chi connectivity index (χ0v) is 21.1. The number of nitrogens with zero attached hydrogens (tertiary/aromatic N) is 4. The molecule has 1 atom stereocenters. The fourth-order valence-corrected chi connectivity index (χ4v) is 5.15. The van der Waals surface area contributed by atoms with Crippen LogP contribution in [0.3, 0.4) is 0 Å². The minimum absolute atomic E-state index is 0.00931. The van der Waals surface area contributed by atoms with E-state index in [-0.39, 0.29) is 11.9 Å². The highest BCUT2D eigenvalue weighted by molar-refractivity contribution is 6.33. The van der Waals surface area contributed by atoms with Crippen molar-refractivity contribution < 1.29 is 9.59 Å². The molecule has 2 aromatic carbocycles. The molecule has 184 valence electrons. The monoisotopic (exact) mass is 501 g/mol. The molecule has 5 rings (SSSR count). The van der Waals surface area contributed by atoms with Crippen molar-refractivity contribution in [2.24, 2.45) is 12.8 Å². The Labute approximate surface area is 215 Å². The SMILES string of the molecule is Cc1ccc(C(=O)N2CCC(N3C=C(c4cnn(C)c4)C=C(C(N)=O)C3)C2)cc1-c1ccccc1Cl. The molecule has 36 heavy (non-hydrogen) atoms. The molecule has 7 nitrogen and oxygen atoms in total. The summed E-state index contributed by atoms with van der Waals surface area (Å²) in [6, 6.07) is 13.5. The van der Waals surface area contributed by atoms with E-state index in [0.29, 0.717) is 35.8 Å². The Hall–Kier alpha value is -3.84. The number of amides is 2. The molecule has 1 aromatic heterocycles. The van der Waals surface area contributed by atoms with Crippen LogP contribution in [-0.2, 0) is 11.8 Å². The number of allylic oxidation sites excluding steroid dienone is 2. The van der Waals surface area contributed by atoms with Crippen LogP contribution in [0.5, 0.6) is 0 Å². The van der Waals surface area contributed by atoms with E-state index in [1.54, 1.807) is 10.9 Å². The molecule has 2 amide bonds. The first kappa shape index (κ1) is 23.9. The molecular formula is C28H28ClN5O2. The van der Waals surface area contributed by atoms with Crippen molar-refractivity contribution in [2.75, 3.05) is 19.6 Å². The summed E-state index contributed by atoms with van der Waals surface area (Å²) in [7, 11) is 1.85. The lowest BCUT2D eigenvalue weighted by Crippen LogP contribution is -2.39. The van der Waals surface area contributed by atoms with Crippen LogP contribution in [-0.4, -0.2) is 57.1 Å². The second-order valence-electron chi connectivity index (χ2n) is 9.40. The van der Waals surface area contributed by atoms with E-state index in [2.05, 4.69) is 10.00 Å². The first-order valence-electron chi connectivity index (χ1n) is 11.9. The van der Waals surface area contributed by atoms with Crippen molar-refractivity contribution in [2.45, 2.75) is 19.4 Å². The smallest absolute Gasteiger partial charge is 0.253 e. The summed E-state index contributed by atoms with van der Waals surface area (Å²) >= 11 is 6.44. The van der Waals surface area contributed by atoms with E-state index in [4.69, 9.17) is 17.3 Å². The Bertz CT molecular complexity index is 1410. The summed E-state index contributed by atoms with van der Waals surface area (Å²) in [6.45, 7) is 3.65. The van der Waals surface area contributed by atoms with Gasteiger partial charge in [-0.25, -0.2) is 0 Å². The van der Waals surface area contributed by atoms with Crippen LogP contribution in [0.2, 0.25) is 5.02 Å². The number of likely N-dealkylation sites (tertiary alicyclic amines) is 1. The van der Waals surface area contributed by atoms with Crippen LogP contribution < -0.4 is 5.73 Å². The molecular weight excluding hydrogens is 474 g/mol. The van der Waals surface area contributed by atoms with E-state index >= 15 is 0 Å². The molecule has 3 heterocycles. The largest absolute Gasteiger partial charge is 0.368 e. The van der Waals surface area contributed by atoms with E-state index in [1.165, 1.54) is 0 Å². The topological polar surface area (TPSA) is 84.5 Å². The number of aromatic nitrogens is 2. The van der Waals surface area contributed by atoms with Gasteiger partial charge in [-0.2, -0.15) is 5.10 Å². The predicted molar refractivity (Wildman–Crippen MR) is 141 cm³/mol. The van der Waals surface area contributed by atoms with Gasteiger partial charge in [0, 0.05) is 78.0 Å². The first-order chi connectivity index (χ1) is 17.3. The maximum Gasteiger partial charge on any atom is 0.253 e. The highest BCUT2D eigenvalue weighted by atomic mass is 35.5. The Morgan fingerprint density at radius 1 is 1.14 bits per heavy atom. The quantitative estimate of drug-likeness (QED) is 0.572. The molecule has 0 aliphatic carbocycles. The van der Waals surface area contributed by atoms with Crippen LogP contribution in [0.15, 0.2) is 72.7 Å². The van der Waals surface area contributed by atoms with Gasteiger partial charge in [-0.05, 0) is 48.7 Å². The van der Waals surface area contributed by atoms with Crippen molar-refractivity contribution in [3.63, 3.8) is 0 Å². The molecule has 0 bridgehead atoms. The Morgan fingerprint density at radius 3 is 2.67 bits per heavy atom. The average molecular weight is 502 g/mol. The maximum absolute atomic E-state index is 13.5. The van der Waals surface area contributed by atoms with Gasteiger partial charge in [-0.3, -0.25) is 14.3 Å². The van der Waals surface area contributed by atoms with Gasteiger partial charge in [0.25, 0.3) is 5.91 Å². The lowest BCUT2D eigenvalue weighted by Gasteiger charge is -2.31. The number of carbonyl (C=O) groups excluding carboxylic acids is 2. The number of halogens is 1. The van der Waals surface area contributed by atoms with Crippen molar-refractivity contribution in [3.05, 3.63) is 94.4 Å². The Morgan fingerprint density at radius 2 is 1.94 bits per heavy atom. The zero-order chi connectivity index (χ0) is 25.4. The molecule has 1 saturated heterocycles. The number of aryl methyl sites for hydroxylation is 2. The maximum atomic E-state index is 13.5. The van der Waals surface area contributed by atoms with E-state index in [1.807, 2.05) is 79.8 Å². The third-order valence-corrected chi connectivity index (χ3v) is 7.24. The second kappa shape index (κ2) is 9.66. The van der Waals surface area contributed by atoms with Crippen LogP contribution in [0.4, 0.5) is 0 Å². The van der Waals surface area contributed by atoms with Gasteiger partial charge < -0.3 is 15.5 Å². The van der Waals surface area contributed by atoms with Gasteiger partial charge in [-0.1, -0.05) is 35.9 Å². The van der Waals surface area contributed by atoms with Crippen LogP contribution in [0.1, 0.15) is 27.9 Å².